The summed E-state index contributed by atoms with van der Waals surface area (Å²) in [6.45, 7) is 3.89. The van der Waals surface area contributed by atoms with E-state index < -0.39 is 5.60 Å². The van der Waals surface area contributed by atoms with E-state index in [0.29, 0.717) is 6.42 Å². The summed E-state index contributed by atoms with van der Waals surface area (Å²) < 4.78 is 0. The number of hydrogen-bond donors (Lipinski definition) is 2. The van der Waals surface area contributed by atoms with E-state index in [0.717, 1.165) is 16.7 Å². The maximum Gasteiger partial charge on any atom is 0.224 e. The number of carbonyl (C=O) groups excluding carboxylic acids is 1. The number of aryl methyl sites for hydroxylation is 1. The van der Waals surface area contributed by atoms with E-state index in [1.54, 1.807) is 6.92 Å². The van der Waals surface area contributed by atoms with Crippen LogP contribution in [0.3, 0.4) is 0 Å². The second-order valence-corrected chi connectivity index (χ2v) is 5.52. The molecule has 0 aromatic heterocycles. The van der Waals surface area contributed by atoms with Crippen LogP contribution in [0.2, 0.25) is 0 Å². The van der Waals surface area contributed by atoms with Gasteiger partial charge in [0, 0.05) is 0 Å². The van der Waals surface area contributed by atoms with Crippen LogP contribution in [0.25, 0.3) is 0 Å². The number of hydrogen-bond acceptors (Lipinski definition) is 2. The molecule has 3 heteroatoms. The molecule has 110 valence electrons. The van der Waals surface area contributed by atoms with Gasteiger partial charge in [-0.3, -0.25) is 4.79 Å². The van der Waals surface area contributed by atoms with Crippen LogP contribution >= 0.6 is 0 Å². The molecule has 0 saturated carbocycles. The van der Waals surface area contributed by atoms with Gasteiger partial charge in [0.25, 0.3) is 0 Å². The summed E-state index contributed by atoms with van der Waals surface area (Å²) in [5, 5.41) is 13.2. The topological polar surface area (TPSA) is 49.3 Å². The lowest BCUT2D eigenvalue weighted by atomic mass is 9.96. The van der Waals surface area contributed by atoms with Crippen molar-refractivity contribution >= 4 is 5.91 Å². The lowest BCUT2D eigenvalue weighted by Crippen LogP contribution is -2.39. The van der Waals surface area contributed by atoms with Crippen LogP contribution in [0.15, 0.2) is 54.6 Å². The van der Waals surface area contributed by atoms with Crippen molar-refractivity contribution < 1.29 is 9.90 Å². The number of amides is 1. The van der Waals surface area contributed by atoms with Crippen molar-refractivity contribution in [3.63, 3.8) is 0 Å². The molecule has 0 saturated heterocycles. The molecule has 0 aliphatic heterocycles. The first-order chi connectivity index (χ1) is 9.99. The molecule has 2 N–H and O–H groups in total. The van der Waals surface area contributed by atoms with Gasteiger partial charge in [-0.1, -0.05) is 54.6 Å². The monoisotopic (exact) mass is 283 g/mol. The van der Waals surface area contributed by atoms with Crippen LogP contribution in [-0.4, -0.2) is 17.6 Å². The highest BCUT2D eigenvalue weighted by molar-refractivity contribution is 5.79. The van der Waals surface area contributed by atoms with Gasteiger partial charge in [0.15, 0.2) is 0 Å². The quantitative estimate of drug-likeness (QED) is 0.886. The Morgan fingerprint density at radius 3 is 2.38 bits per heavy atom. The lowest BCUT2D eigenvalue weighted by molar-refractivity contribution is -0.121. The third kappa shape index (κ3) is 4.17. The minimum atomic E-state index is -1.07. The van der Waals surface area contributed by atoms with Gasteiger partial charge in [-0.2, -0.15) is 0 Å². The summed E-state index contributed by atoms with van der Waals surface area (Å²) >= 11 is 0. The van der Waals surface area contributed by atoms with E-state index in [9.17, 15) is 9.90 Å². The molecule has 2 aromatic carbocycles. The van der Waals surface area contributed by atoms with E-state index in [1.165, 1.54) is 0 Å². The van der Waals surface area contributed by atoms with E-state index in [4.69, 9.17) is 0 Å². The molecule has 1 unspecified atom stereocenters. The summed E-state index contributed by atoms with van der Waals surface area (Å²) in [6.07, 6.45) is 0.331. The third-order valence-electron chi connectivity index (χ3n) is 3.64. The molecule has 1 atom stereocenters. The summed E-state index contributed by atoms with van der Waals surface area (Å²) in [6, 6.07) is 17.2. The van der Waals surface area contributed by atoms with Gasteiger partial charge in [-0.15, -0.1) is 0 Å². The Labute approximate surface area is 125 Å². The molecule has 0 fully saturated rings. The maximum atomic E-state index is 12.0. The van der Waals surface area contributed by atoms with Crippen molar-refractivity contribution in [3.05, 3.63) is 71.3 Å². The number of rotatable bonds is 5. The molecule has 0 spiro atoms. The van der Waals surface area contributed by atoms with E-state index in [-0.39, 0.29) is 12.5 Å². The van der Waals surface area contributed by atoms with E-state index in [2.05, 4.69) is 5.32 Å². The Hall–Kier alpha value is -2.13. The largest absolute Gasteiger partial charge is 0.384 e. The van der Waals surface area contributed by atoms with Gasteiger partial charge in [0.05, 0.1) is 13.0 Å². The minimum absolute atomic E-state index is 0.0829. The summed E-state index contributed by atoms with van der Waals surface area (Å²) in [5.74, 6) is -0.0829. The first-order valence-corrected chi connectivity index (χ1v) is 7.08. The second-order valence-electron chi connectivity index (χ2n) is 5.52. The van der Waals surface area contributed by atoms with Crippen molar-refractivity contribution in [2.45, 2.75) is 25.9 Å². The summed E-state index contributed by atoms with van der Waals surface area (Å²) in [4.78, 5) is 12.0. The zero-order chi connectivity index (χ0) is 15.3. The maximum absolute atomic E-state index is 12.0. The number of benzene rings is 2. The molecule has 21 heavy (non-hydrogen) atoms. The second kappa shape index (κ2) is 6.55. The Morgan fingerprint density at radius 1 is 1.10 bits per heavy atom. The van der Waals surface area contributed by atoms with Gasteiger partial charge in [0.1, 0.15) is 5.60 Å². The predicted octanol–water partition coefficient (Wildman–Crippen LogP) is 2.56. The van der Waals surface area contributed by atoms with Crippen LogP contribution in [-0.2, 0) is 16.8 Å². The first-order valence-electron chi connectivity index (χ1n) is 7.08. The Balaban J connectivity index is 1.94. The highest BCUT2D eigenvalue weighted by Gasteiger charge is 2.23. The Kier molecular flexibility index (Phi) is 4.76. The van der Waals surface area contributed by atoms with Crippen LogP contribution in [0.1, 0.15) is 23.6 Å². The predicted molar refractivity (Wildman–Crippen MR) is 83.9 cm³/mol. The van der Waals surface area contributed by atoms with Crippen molar-refractivity contribution in [1.82, 2.24) is 5.32 Å². The fourth-order valence-corrected chi connectivity index (χ4v) is 2.21. The summed E-state index contributed by atoms with van der Waals surface area (Å²) in [5.41, 5.74) is 1.83. The van der Waals surface area contributed by atoms with Crippen molar-refractivity contribution in [2.24, 2.45) is 0 Å². The molecule has 1 amide bonds. The molecule has 0 bridgehead atoms. The highest BCUT2D eigenvalue weighted by Crippen LogP contribution is 2.19. The van der Waals surface area contributed by atoms with Gasteiger partial charge in [-0.25, -0.2) is 0 Å². The standard InChI is InChI=1S/C18H21NO2/c1-14-8-6-7-9-15(14)12-17(20)19-13-18(2,21)16-10-4-3-5-11-16/h3-11,21H,12-13H2,1-2H3,(H,19,20). The van der Waals surface area contributed by atoms with Crippen molar-refractivity contribution in [2.75, 3.05) is 6.54 Å². The van der Waals surface area contributed by atoms with Gasteiger partial charge in [0.2, 0.25) is 5.91 Å². The van der Waals surface area contributed by atoms with Crippen LogP contribution in [0.4, 0.5) is 0 Å². The number of carbonyl (C=O) groups is 1. The normalized spacial score (nSPS) is 13.5. The van der Waals surface area contributed by atoms with E-state index in [1.807, 2.05) is 61.5 Å². The first kappa shape index (κ1) is 15.3. The molecule has 2 rings (SSSR count). The van der Waals surface area contributed by atoms with Crippen LogP contribution in [0.5, 0.6) is 0 Å². The van der Waals surface area contributed by atoms with Crippen LogP contribution in [0, 0.1) is 6.92 Å². The van der Waals surface area contributed by atoms with Crippen molar-refractivity contribution in [3.8, 4) is 0 Å². The van der Waals surface area contributed by atoms with Gasteiger partial charge in [-0.05, 0) is 30.5 Å². The third-order valence-corrected chi connectivity index (χ3v) is 3.64. The fourth-order valence-electron chi connectivity index (χ4n) is 2.21. The molecular weight excluding hydrogens is 262 g/mol. The van der Waals surface area contributed by atoms with Gasteiger partial charge < -0.3 is 10.4 Å². The number of nitrogens with one attached hydrogen (secondary N) is 1. The molecule has 0 aliphatic rings. The zero-order valence-corrected chi connectivity index (χ0v) is 12.5. The van der Waals surface area contributed by atoms with E-state index >= 15 is 0 Å². The van der Waals surface area contributed by atoms with Crippen molar-refractivity contribution in [1.29, 1.82) is 0 Å². The molecular formula is C18H21NO2. The molecule has 0 heterocycles. The molecule has 0 radical (unpaired) electrons. The average Bonchev–Trinajstić information content (AvgIpc) is 2.49. The average molecular weight is 283 g/mol. The molecule has 2 aromatic rings. The Bertz CT molecular complexity index is 606. The summed E-state index contributed by atoms with van der Waals surface area (Å²) in [7, 11) is 0. The Morgan fingerprint density at radius 2 is 1.71 bits per heavy atom. The van der Waals surface area contributed by atoms with Crippen LogP contribution < -0.4 is 5.32 Å². The smallest absolute Gasteiger partial charge is 0.224 e. The fraction of sp³-hybridized carbons (Fsp3) is 0.278. The molecule has 3 nitrogen and oxygen atoms in total. The molecule has 0 aliphatic carbocycles. The lowest BCUT2D eigenvalue weighted by Gasteiger charge is -2.24. The van der Waals surface area contributed by atoms with Gasteiger partial charge >= 0.3 is 0 Å². The SMILES string of the molecule is Cc1ccccc1CC(=O)NCC(C)(O)c1ccccc1. The number of aliphatic hydroxyl groups is 1. The zero-order valence-electron chi connectivity index (χ0n) is 12.5. The minimum Gasteiger partial charge on any atom is -0.384 e. The highest BCUT2D eigenvalue weighted by atomic mass is 16.3.